The van der Waals surface area contributed by atoms with Crippen LogP contribution in [0.15, 0.2) is 0 Å². The Morgan fingerprint density at radius 3 is 2.29 bits per heavy atom. The molecule has 0 aromatic rings. The predicted molar refractivity (Wildman–Crippen MR) is 55.5 cm³/mol. The minimum Gasteiger partial charge on any atom is -0.481 e. The van der Waals surface area contributed by atoms with Crippen LogP contribution in [-0.4, -0.2) is 39.9 Å². The van der Waals surface area contributed by atoms with Crippen molar-refractivity contribution in [2.75, 3.05) is 0 Å². The monoisotopic (exact) mass is 245 g/mol. The van der Waals surface area contributed by atoms with Crippen LogP contribution < -0.4 is 5.32 Å². The number of carbonyl (C=O) groups excluding carboxylic acids is 1. The van der Waals surface area contributed by atoms with Crippen LogP contribution in [0.3, 0.4) is 0 Å². The van der Waals surface area contributed by atoms with Crippen molar-refractivity contribution < 1.29 is 29.3 Å². The van der Waals surface area contributed by atoms with Crippen molar-refractivity contribution in [3.8, 4) is 0 Å². The van der Waals surface area contributed by atoms with E-state index < -0.39 is 36.1 Å². The van der Waals surface area contributed by atoms with Crippen molar-refractivity contribution in [2.45, 2.75) is 44.2 Å². The number of carbonyl (C=O) groups is 3. The highest BCUT2D eigenvalue weighted by atomic mass is 16.6. The second-order valence-corrected chi connectivity index (χ2v) is 4.33. The van der Waals surface area contributed by atoms with Crippen LogP contribution >= 0.6 is 0 Å². The summed E-state index contributed by atoms with van der Waals surface area (Å²) in [7, 11) is 0. The summed E-state index contributed by atoms with van der Waals surface area (Å²) in [5, 5.41) is 19.2. The third-order valence-corrected chi connectivity index (χ3v) is 2.72. The molecule has 1 aliphatic rings. The summed E-state index contributed by atoms with van der Waals surface area (Å²) in [4.78, 5) is 32.4. The molecule has 1 amide bonds. The van der Waals surface area contributed by atoms with E-state index in [1.54, 1.807) is 6.92 Å². The number of amides is 1. The standard InChI is InChI=1S/C10H15NO6/c1-10(3-2-4-10)17-9(16)11-6(8(14)15)5-7(12)13/h6H,2-5H2,1H3,(H,11,16)(H,12,13)(H,14,15). The third kappa shape index (κ3) is 3.93. The average molecular weight is 245 g/mol. The number of carboxylic acid groups (broad SMARTS) is 2. The van der Waals surface area contributed by atoms with Gasteiger partial charge < -0.3 is 20.3 Å². The lowest BCUT2D eigenvalue weighted by Gasteiger charge is -2.37. The van der Waals surface area contributed by atoms with Gasteiger partial charge in [0.1, 0.15) is 11.6 Å². The number of ether oxygens (including phenoxy) is 1. The van der Waals surface area contributed by atoms with Gasteiger partial charge in [0, 0.05) is 0 Å². The molecule has 3 N–H and O–H groups in total. The molecule has 7 nitrogen and oxygen atoms in total. The summed E-state index contributed by atoms with van der Waals surface area (Å²) in [6.07, 6.45) is 0.859. The summed E-state index contributed by atoms with van der Waals surface area (Å²) < 4.78 is 5.03. The van der Waals surface area contributed by atoms with Crippen LogP contribution in [-0.2, 0) is 14.3 Å². The van der Waals surface area contributed by atoms with E-state index in [0.717, 1.165) is 19.3 Å². The summed E-state index contributed by atoms with van der Waals surface area (Å²) in [6, 6.07) is -1.47. The lowest BCUT2D eigenvalue weighted by Crippen LogP contribution is -2.47. The zero-order valence-corrected chi connectivity index (χ0v) is 9.43. The number of hydrogen-bond donors (Lipinski definition) is 3. The first-order valence-electron chi connectivity index (χ1n) is 5.26. The summed E-state index contributed by atoms with van der Waals surface area (Å²) in [6.45, 7) is 1.75. The quantitative estimate of drug-likeness (QED) is 0.653. The van der Waals surface area contributed by atoms with Gasteiger partial charge in [-0.3, -0.25) is 4.79 Å². The minimum absolute atomic E-state index is 0.545. The zero-order valence-electron chi connectivity index (χ0n) is 9.43. The molecule has 0 heterocycles. The Hall–Kier alpha value is -1.79. The van der Waals surface area contributed by atoms with Crippen molar-refractivity contribution in [3.63, 3.8) is 0 Å². The molecule has 0 aliphatic heterocycles. The van der Waals surface area contributed by atoms with Gasteiger partial charge in [-0.2, -0.15) is 0 Å². The Kier molecular flexibility index (Phi) is 3.93. The smallest absolute Gasteiger partial charge is 0.408 e. The Labute approximate surface area is 97.8 Å². The fourth-order valence-corrected chi connectivity index (χ4v) is 1.55. The molecule has 0 aromatic heterocycles. The molecular formula is C10H15NO6. The Bertz CT molecular complexity index is 336. The molecule has 96 valence electrons. The second-order valence-electron chi connectivity index (χ2n) is 4.33. The first kappa shape index (κ1) is 13.3. The predicted octanol–water partition coefficient (Wildman–Crippen LogP) is 0.583. The van der Waals surface area contributed by atoms with Crippen LogP contribution in [0.2, 0.25) is 0 Å². The Balaban J connectivity index is 2.46. The molecule has 0 radical (unpaired) electrons. The van der Waals surface area contributed by atoms with Crippen molar-refractivity contribution in [2.24, 2.45) is 0 Å². The van der Waals surface area contributed by atoms with Crippen molar-refractivity contribution in [1.82, 2.24) is 5.32 Å². The van der Waals surface area contributed by atoms with E-state index in [0.29, 0.717) is 0 Å². The maximum absolute atomic E-state index is 11.4. The average Bonchev–Trinajstić information content (AvgIpc) is 2.13. The van der Waals surface area contributed by atoms with Gasteiger partial charge in [0.05, 0.1) is 6.42 Å². The summed E-state index contributed by atoms with van der Waals surface area (Å²) in [5.41, 5.74) is -0.545. The molecule has 0 saturated heterocycles. The third-order valence-electron chi connectivity index (χ3n) is 2.72. The zero-order chi connectivity index (χ0) is 13.1. The van der Waals surface area contributed by atoms with E-state index in [1.165, 1.54) is 0 Å². The van der Waals surface area contributed by atoms with E-state index >= 15 is 0 Å². The number of carboxylic acids is 2. The molecule has 0 spiro atoms. The van der Waals surface area contributed by atoms with Crippen LogP contribution in [0.5, 0.6) is 0 Å². The van der Waals surface area contributed by atoms with Gasteiger partial charge in [0.2, 0.25) is 0 Å². The SMILES string of the molecule is CC1(OC(=O)NC(CC(=O)O)C(=O)O)CCC1. The molecule has 1 saturated carbocycles. The Morgan fingerprint density at radius 2 is 1.94 bits per heavy atom. The van der Waals surface area contributed by atoms with Gasteiger partial charge in [0.25, 0.3) is 0 Å². The molecule has 0 aromatic carbocycles. The normalized spacial score (nSPS) is 18.6. The van der Waals surface area contributed by atoms with Crippen molar-refractivity contribution >= 4 is 18.0 Å². The number of hydrogen-bond acceptors (Lipinski definition) is 4. The lowest BCUT2D eigenvalue weighted by atomic mass is 9.82. The van der Waals surface area contributed by atoms with E-state index in [1.807, 2.05) is 5.32 Å². The highest BCUT2D eigenvalue weighted by molar-refractivity contribution is 5.84. The van der Waals surface area contributed by atoms with E-state index in [4.69, 9.17) is 14.9 Å². The van der Waals surface area contributed by atoms with Crippen LogP contribution in [0.1, 0.15) is 32.6 Å². The topological polar surface area (TPSA) is 113 Å². The van der Waals surface area contributed by atoms with Crippen LogP contribution in [0.4, 0.5) is 4.79 Å². The largest absolute Gasteiger partial charge is 0.481 e. The molecule has 1 rings (SSSR count). The first-order chi connectivity index (χ1) is 7.82. The van der Waals surface area contributed by atoms with Crippen molar-refractivity contribution in [1.29, 1.82) is 0 Å². The maximum Gasteiger partial charge on any atom is 0.408 e. The van der Waals surface area contributed by atoms with Crippen molar-refractivity contribution in [3.05, 3.63) is 0 Å². The molecule has 1 fully saturated rings. The number of alkyl carbamates (subject to hydrolysis) is 1. The highest BCUT2D eigenvalue weighted by Gasteiger charge is 2.36. The van der Waals surface area contributed by atoms with E-state index in [9.17, 15) is 14.4 Å². The summed E-state index contributed by atoms with van der Waals surface area (Å²) in [5.74, 6) is -2.70. The number of nitrogens with one attached hydrogen (secondary N) is 1. The minimum atomic E-state index is -1.47. The highest BCUT2D eigenvalue weighted by Crippen LogP contribution is 2.34. The first-order valence-corrected chi connectivity index (χ1v) is 5.26. The maximum atomic E-state index is 11.4. The molecule has 1 atom stereocenters. The Morgan fingerprint density at radius 1 is 1.35 bits per heavy atom. The van der Waals surface area contributed by atoms with Gasteiger partial charge in [-0.25, -0.2) is 9.59 Å². The van der Waals surface area contributed by atoms with Crippen LogP contribution in [0.25, 0.3) is 0 Å². The molecule has 17 heavy (non-hydrogen) atoms. The van der Waals surface area contributed by atoms with E-state index in [2.05, 4.69) is 0 Å². The second kappa shape index (κ2) is 5.03. The lowest BCUT2D eigenvalue weighted by molar-refractivity contribution is -0.146. The van der Waals surface area contributed by atoms with Gasteiger partial charge in [-0.05, 0) is 26.2 Å². The number of rotatable bonds is 5. The summed E-state index contributed by atoms with van der Waals surface area (Å²) >= 11 is 0. The van der Waals surface area contributed by atoms with Gasteiger partial charge in [-0.1, -0.05) is 0 Å². The van der Waals surface area contributed by atoms with Crippen LogP contribution in [0, 0.1) is 0 Å². The van der Waals surface area contributed by atoms with Gasteiger partial charge in [-0.15, -0.1) is 0 Å². The van der Waals surface area contributed by atoms with E-state index in [-0.39, 0.29) is 0 Å². The fraction of sp³-hybridized carbons (Fsp3) is 0.700. The van der Waals surface area contributed by atoms with Gasteiger partial charge in [0.15, 0.2) is 0 Å². The molecule has 0 bridgehead atoms. The molecular weight excluding hydrogens is 230 g/mol. The molecule has 7 heteroatoms. The number of aliphatic carboxylic acids is 2. The van der Waals surface area contributed by atoms with Gasteiger partial charge >= 0.3 is 18.0 Å². The molecule has 1 aliphatic carbocycles. The molecule has 1 unspecified atom stereocenters. The fourth-order valence-electron chi connectivity index (χ4n) is 1.55.